The van der Waals surface area contributed by atoms with Crippen LogP contribution < -0.4 is 4.74 Å². The summed E-state index contributed by atoms with van der Waals surface area (Å²) in [4.78, 5) is 18.8. The Labute approximate surface area is 249 Å². The molecule has 0 aliphatic carbocycles. The van der Waals surface area contributed by atoms with Crippen LogP contribution in [-0.4, -0.2) is 85.9 Å². The van der Waals surface area contributed by atoms with Crippen molar-refractivity contribution in [3.05, 3.63) is 71.1 Å². The number of ether oxygens (including phenoxy) is 2. The van der Waals surface area contributed by atoms with E-state index in [1.54, 1.807) is 38.1 Å². The monoisotopic (exact) mass is 624 g/mol. The van der Waals surface area contributed by atoms with E-state index in [9.17, 15) is 26.4 Å². The molecule has 1 aliphatic heterocycles. The quantitative estimate of drug-likeness (QED) is 0.277. The van der Waals surface area contributed by atoms with Gasteiger partial charge in [-0.15, -0.1) is 0 Å². The number of carbonyl (C=O) groups is 1. The number of esters is 1. The Morgan fingerprint density at radius 1 is 1.09 bits per heavy atom. The number of likely N-dealkylation sites (N-methyl/N-ethyl adjacent to an activating group) is 1. The summed E-state index contributed by atoms with van der Waals surface area (Å²) < 4.78 is 84.7. The molecule has 2 aromatic carbocycles. The van der Waals surface area contributed by atoms with Gasteiger partial charge in [0.05, 0.1) is 24.5 Å². The third kappa shape index (κ3) is 8.56. The third-order valence-electron chi connectivity index (χ3n) is 6.94. The van der Waals surface area contributed by atoms with Gasteiger partial charge in [-0.25, -0.2) is 4.98 Å². The average molecular weight is 625 g/mol. The second kappa shape index (κ2) is 13.9. The number of benzene rings is 2. The first-order valence-electron chi connectivity index (χ1n) is 13.8. The fraction of sp³-hybridized carbons (Fsp3) is 0.448. The summed E-state index contributed by atoms with van der Waals surface area (Å²) >= 11 is 0. The molecule has 3 aromatic rings. The normalized spacial score (nSPS) is 15.1. The van der Waals surface area contributed by atoms with Gasteiger partial charge in [-0.2, -0.15) is 30.2 Å². The van der Waals surface area contributed by atoms with E-state index in [-0.39, 0.29) is 25.6 Å². The number of rotatable bonds is 12. The van der Waals surface area contributed by atoms with E-state index in [1.165, 1.54) is 16.4 Å². The lowest BCUT2D eigenvalue weighted by molar-refractivity contribution is -0.143. The molecule has 234 valence electrons. The highest BCUT2D eigenvalue weighted by molar-refractivity contribution is 7.86. The van der Waals surface area contributed by atoms with Crippen molar-refractivity contribution >= 4 is 16.2 Å². The highest BCUT2D eigenvalue weighted by Gasteiger charge is 2.34. The number of hydrogen-bond donors (Lipinski definition) is 0. The molecule has 43 heavy (non-hydrogen) atoms. The Morgan fingerprint density at radius 3 is 2.44 bits per heavy atom. The minimum atomic E-state index is -4.43. The van der Waals surface area contributed by atoms with Gasteiger partial charge < -0.3 is 18.8 Å². The first-order chi connectivity index (χ1) is 20.4. The zero-order chi connectivity index (χ0) is 31.2. The molecule has 0 unspecified atom stereocenters. The second-order valence-corrected chi connectivity index (χ2v) is 12.1. The molecular weight excluding hydrogens is 589 g/mol. The fourth-order valence-electron chi connectivity index (χ4n) is 4.54. The van der Waals surface area contributed by atoms with Crippen LogP contribution >= 0.6 is 0 Å². The average Bonchev–Trinajstić information content (AvgIpc) is 3.33. The first kappa shape index (κ1) is 32.5. The number of oxazole rings is 1. The lowest BCUT2D eigenvalue weighted by Gasteiger charge is -2.35. The van der Waals surface area contributed by atoms with Gasteiger partial charge in [0.25, 0.3) is 10.2 Å². The molecule has 0 amide bonds. The van der Waals surface area contributed by atoms with Gasteiger partial charge in [0.2, 0.25) is 5.89 Å². The summed E-state index contributed by atoms with van der Waals surface area (Å²) in [7, 11) is -2.01. The summed E-state index contributed by atoms with van der Waals surface area (Å²) in [5, 5.41) is 0. The SMILES string of the molecule is CCOC(=O)CN(Cc1cccc(OCCc2nc(-c3ccc(C(F)(F)F)cc3)oc2C)c1)S(=O)(=O)N1CCN(C)CC1. The van der Waals surface area contributed by atoms with Crippen LogP contribution in [0.1, 0.15) is 29.5 Å². The van der Waals surface area contributed by atoms with E-state index >= 15 is 0 Å². The molecule has 1 fully saturated rings. The highest BCUT2D eigenvalue weighted by Crippen LogP contribution is 2.31. The van der Waals surface area contributed by atoms with Crippen molar-refractivity contribution < 1.29 is 40.3 Å². The molecule has 2 heterocycles. The van der Waals surface area contributed by atoms with Crippen molar-refractivity contribution in [1.82, 2.24) is 18.5 Å². The number of hydrogen-bond acceptors (Lipinski definition) is 8. The Morgan fingerprint density at radius 2 is 1.79 bits per heavy atom. The zero-order valence-corrected chi connectivity index (χ0v) is 25.1. The molecule has 0 N–H and O–H groups in total. The molecule has 0 atom stereocenters. The van der Waals surface area contributed by atoms with Crippen LogP contribution in [0.15, 0.2) is 52.9 Å². The summed E-state index contributed by atoms with van der Waals surface area (Å²) in [5.74, 6) is 0.600. The second-order valence-electron chi connectivity index (χ2n) is 10.1. The maximum Gasteiger partial charge on any atom is 0.416 e. The van der Waals surface area contributed by atoms with E-state index in [0.29, 0.717) is 60.9 Å². The molecule has 10 nitrogen and oxygen atoms in total. The Kier molecular flexibility index (Phi) is 10.5. The van der Waals surface area contributed by atoms with Crippen molar-refractivity contribution in [2.24, 2.45) is 0 Å². The molecule has 14 heteroatoms. The van der Waals surface area contributed by atoms with Crippen molar-refractivity contribution in [2.75, 3.05) is 53.0 Å². The standard InChI is InChI=1S/C29H35F3N4O6S/c1-4-40-27(37)20-36(43(38,39)35-15-13-34(3)14-16-35)19-22-6-5-7-25(18-22)41-17-12-26-21(2)42-28(33-26)23-8-10-24(11-9-23)29(30,31)32/h5-11,18H,4,12-17,19-20H2,1-3H3. The van der Waals surface area contributed by atoms with Crippen LogP contribution in [0.4, 0.5) is 13.2 Å². The fourth-order valence-corrected chi connectivity index (χ4v) is 6.07. The number of alkyl halides is 3. The van der Waals surface area contributed by atoms with Crippen LogP contribution in [0.3, 0.4) is 0 Å². The summed E-state index contributed by atoms with van der Waals surface area (Å²) in [6, 6.07) is 11.5. The molecule has 4 rings (SSSR count). The summed E-state index contributed by atoms with van der Waals surface area (Å²) in [6.45, 7) is 5.09. The van der Waals surface area contributed by atoms with Crippen LogP contribution in [0, 0.1) is 6.92 Å². The highest BCUT2D eigenvalue weighted by atomic mass is 32.2. The Hall–Kier alpha value is -3.46. The van der Waals surface area contributed by atoms with Crippen LogP contribution in [0.5, 0.6) is 5.75 Å². The van der Waals surface area contributed by atoms with Gasteiger partial charge >= 0.3 is 12.1 Å². The number of carbonyl (C=O) groups excluding carboxylic acids is 1. The topological polar surface area (TPSA) is 105 Å². The Bertz CT molecular complexity index is 1490. The van der Waals surface area contributed by atoms with Crippen molar-refractivity contribution in [1.29, 1.82) is 0 Å². The van der Waals surface area contributed by atoms with Gasteiger partial charge in [-0.05, 0) is 62.9 Å². The molecule has 1 aliphatic rings. The zero-order valence-electron chi connectivity index (χ0n) is 24.3. The lowest BCUT2D eigenvalue weighted by Crippen LogP contribution is -2.52. The van der Waals surface area contributed by atoms with Crippen molar-refractivity contribution in [2.45, 2.75) is 33.0 Å². The molecule has 0 bridgehead atoms. The van der Waals surface area contributed by atoms with Crippen molar-refractivity contribution in [3.8, 4) is 17.2 Å². The smallest absolute Gasteiger partial charge is 0.416 e. The maximum atomic E-state index is 13.5. The third-order valence-corrected chi connectivity index (χ3v) is 8.87. The number of piperazine rings is 1. The minimum absolute atomic E-state index is 0.0520. The first-order valence-corrected chi connectivity index (χ1v) is 15.2. The van der Waals surface area contributed by atoms with Crippen LogP contribution in [-0.2, 0) is 38.9 Å². The summed E-state index contributed by atoms with van der Waals surface area (Å²) in [5.41, 5.74) is 0.901. The van der Waals surface area contributed by atoms with Gasteiger partial charge in [0.1, 0.15) is 18.1 Å². The molecule has 0 radical (unpaired) electrons. The molecule has 0 spiro atoms. The van der Waals surface area contributed by atoms with Gasteiger partial charge in [-0.1, -0.05) is 12.1 Å². The predicted molar refractivity (Wildman–Crippen MR) is 152 cm³/mol. The van der Waals surface area contributed by atoms with Crippen LogP contribution in [0.25, 0.3) is 11.5 Å². The van der Waals surface area contributed by atoms with E-state index in [1.807, 2.05) is 11.9 Å². The molecular formula is C29H35F3N4O6S. The summed E-state index contributed by atoms with van der Waals surface area (Å²) in [6.07, 6.45) is -4.06. The Balaban J connectivity index is 1.40. The van der Waals surface area contributed by atoms with Crippen LogP contribution in [0.2, 0.25) is 0 Å². The number of aryl methyl sites for hydroxylation is 1. The largest absolute Gasteiger partial charge is 0.493 e. The van der Waals surface area contributed by atoms with Gasteiger partial charge in [-0.3, -0.25) is 4.79 Å². The van der Waals surface area contributed by atoms with Gasteiger partial charge in [0, 0.05) is 44.7 Å². The predicted octanol–water partition coefficient (Wildman–Crippen LogP) is 4.15. The van der Waals surface area contributed by atoms with E-state index in [4.69, 9.17) is 13.9 Å². The van der Waals surface area contributed by atoms with E-state index in [2.05, 4.69) is 4.98 Å². The van der Waals surface area contributed by atoms with Gasteiger partial charge in [0.15, 0.2) is 0 Å². The molecule has 1 aromatic heterocycles. The number of nitrogens with zero attached hydrogens (tertiary/aromatic N) is 4. The number of halogens is 3. The van der Waals surface area contributed by atoms with E-state index in [0.717, 1.165) is 16.4 Å². The molecule has 1 saturated heterocycles. The maximum absolute atomic E-state index is 13.5. The van der Waals surface area contributed by atoms with Crippen molar-refractivity contribution in [3.63, 3.8) is 0 Å². The lowest BCUT2D eigenvalue weighted by atomic mass is 10.1. The number of aromatic nitrogens is 1. The molecule has 0 saturated carbocycles. The van der Waals surface area contributed by atoms with E-state index < -0.39 is 34.5 Å². The minimum Gasteiger partial charge on any atom is -0.493 e.